The Hall–Kier alpha value is -3.45. The van der Waals surface area contributed by atoms with Crippen molar-refractivity contribution >= 4 is 23.3 Å². The predicted molar refractivity (Wildman–Crippen MR) is 160 cm³/mol. The van der Waals surface area contributed by atoms with Gasteiger partial charge in [0.15, 0.2) is 5.71 Å². The van der Waals surface area contributed by atoms with E-state index in [0.29, 0.717) is 23.2 Å². The van der Waals surface area contributed by atoms with Crippen LogP contribution in [0, 0.1) is 0 Å². The minimum absolute atomic E-state index is 0.0305. The zero-order valence-corrected chi connectivity index (χ0v) is 24.6. The molecule has 2 N–H and O–H groups in total. The first-order valence-corrected chi connectivity index (χ1v) is 14.2. The second-order valence-corrected chi connectivity index (χ2v) is 11.8. The number of carbonyl (C=O) groups is 2. The molecule has 0 bridgehead atoms. The minimum atomic E-state index is -1.10. The molecule has 7 nitrogen and oxygen atoms in total. The van der Waals surface area contributed by atoms with Crippen LogP contribution in [0.4, 0.5) is 5.69 Å². The number of rotatable bonds is 13. The number of nitrogens with one attached hydrogen (secondary N) is 1. The van der Waals surface area contributed by atoms with Gasteiger partial charge in [0.1, 0.15) is 6.61 Å². The Balaban J connectivity index is 1.88. The molecule has 0 saturated carbocycles. The average molecular weight is 549 g/mol. The Labute approximate surface area is 238 Å². The van der Waals surface area contributed by atoms with Crippen LogP contribution in [-0.2, 0) is 25.2 Å². The Morgan fingerprint density at radius 3 is 2.30 bits per heavy atom. The average Bonchev–Trinajstić information content (AvgIpc) is 2.93. The number of hydrogen-bond acceptors (Lipinski definition) is 6. The van der Waals surface area contributed by atoms with Crippen molar-refractivity contribution in [2.75, 3.05) is 11.9 Å². The fourth-order valence-corrected chi connectivity index (χ4v) is 4.97. The van der Waals surface area contributed by atoms with E-state index in [2.05, 4.69) is 57.7 Å². The van der Waals surface area contributed by atoms with Crippen molar-refractivity contribution in [3.63, 3.8) is 0 Å². The zero-order chi connectivity index (χ0) is 29.3. The smallest absolute Gasteiger partial charge is 0.338 e. The number of amides is 1. The highest BCUT2D eigenvalue weighted by Gasteiger charge is 2.37. The minimum Gasteiger partial charge on any atom is -0.458 e. The molecule has 0 spiro atoms. The van der Waals surface area contributed by atoms with Gasteiger partial charge in [-0.3, -0.25) is 4.79 Å². The number of fused-ring (bicyclic) bond motifs is 1. The summed E-state index contributed by atoms with van der Waals surface area (Å²) in [6.07, 6.45) is 6.96. The maximum atomic E-state index is 13.5. The van der Waals surface area contributed by atoms with E-state index in [4.69, 9.17) is 9.57 Å². The molecule has 40 heavy (non-hydrogen) atoms. The highest BCUT2D eigenvalue weighted by molar-refractivity contribution is 6.48. The van der Waals surface area contributed by atoms with E-state index in [1.54, 1.807) is 24.3 Å². The molecule has 0 aromatic heterocycles. The van der Waals surface area contributed by atoms with Gasteiger partial charge in [0, 0.05) is 17.7 Å². The molecule has 1 aliphatic carbocycles. The van der Waals surface area contributed by atoms with Crippen LogP contribution < -0.4 is 5.32 Å². The van der Waals surface area contributed by atoms with Crippen molar-refractivity contribution in [3.8, 4) is 0 Å². The van der Waals surface area contributed by atoms with E-state index in [1.807, 2.05) is 12.1 Å². The second-order valence-electron chi connectivity index (χ2n) is 11.8. The summed E-state index contributed by atoms with van der Waals surface area (Å²) < 4.78 is 5.06. The number of anilines is 1. The SMILES string of the molecule is C=CCOC(=O)c1ccc(NC(=O)/C(=N\OC(O)CCCCCC)c2ccc3c(c2)C(C)(C)CCC3(C)C)cc1. The highest BCUT2D eigenvalue weighted by Crippen LogP contribution is 2.46. The van der Waals surface area contributed by atoms with Crippen LogP contribution in [0.2, 0.25) is 0 Å². The topological polar surface area (TPSA) is 97.2 Å². The fourth-order valence-electron chi connectivity index (χ4n) is 4.97. The van der Waals surface area contributed by atoms with Gasteiger partial charge in [-0.15, -0.1) is 0 Å². The monoisotopic (exact) mass is 548 g/mol. The van der Waals surface area contributed by atoms with Crippen molar-refractivity contribution in [3.05, 3.63) is 77.4 Å². The summed E-state index contributed by atoms with van der Waals surface area (Å²) in [5.74, 6) is -0.950. The number of oxime groups is 1. The van der Waals surface area contributed by atoms with Crippen LogP contribution in [0.25, 0.3) is 0 Å². The summed E-state index contributed by atoms with van der Waals surface area (Å²) in [6, 6.07) is 12.4. The molecule has 0 fully saturated rings. The maximum absolute atomic E-state index is 13.5. The van der Waals surface area contributed by atoms with Gasteiger partial charge in [0.25, 0.3) is 5.91 Å². The number of ether oxygens (including phenoxy) is 1. The standard InChI is InChI=1S/C33H44N2O5/c1-7-9-10-11-12-28(36)40-35-29(24-15-18-26-27(22-24)33(5,6)20-19-32(26,3)4)30(37)34-25-16-13-23(14-17-25)31(38)39-21-8-2/h8,13-18,22,28,36H,2,7,9-12,19-21H2,1,3-6H3,(H,34,37)/b35-29-. The number of benzene rings is 2. The van der Waals surface area contributed by atoms with Crippen molar-refractivity contribution in [2.45, 2.75) is 96.7 Å². The quantitative estimate of drug-likeness (QED) is 0.0700. The van der Waals surface area contributed by atoms with E-state index >= 15 is 0 Å². The largest absolute Gasteiger partial charge is 0.458 e. The maximum Gasteiger partial charge on any atom is 0.338 e. The lowest BCUT2D eigenvalue weighted by atomic mass is 9.63. The molecule has 216 valence electrons. The van der Waals surface area contributed by atoms with Crippen molar-refractivity contribution in [2.24, 2.45) is 5.16 Å². The van der Waals surface area contributed by atoms with E-state index in [9.17, 15) is 14.7 Å². The second kappa shape index (κ2) is 13.8. The first-order chi connectivity index (χ1) is 19.0. The summed E-state index contributed by atoms with van der Waals surface area (Å²) in [6.45, 7) is 14.7. The van der Waals surface area contributed by atoms with Gasteiger partial charge in [0.05, 0.1) is 5.56 Å². The number of hydrogen-bond donors (Lipinski definition) is 2. The Morgan fingerprint density at radius 1 is 1.00 bits per heavy atom. The molecule has 2 aromatic rings. The number of aliphatic hydroxyl groups is 1. The third-order valence-electron chi connectivity index (χ3n) is 7.62. The van der Waals surface area contributed by atoms with Crippen LogP contribution in [0.1, 0.15) is 107 Å². The summed E-state index contributed by atoms with van der Waals surface area (Å²) in [5, 5.41) is 17.4. The lowest BCUT2D eigenvalue weighted by Gasteiger charge is -2.42. The van der Waals surface area contributed by atoms with Crippen LogP contribution in [-0.4, -0.2) is 35.6 Å². The highest BCUT2D eigenvalue weighted by atomic mass is 16.7. The molecule has 1 unspecified atom stereocenters. The number of unbranched alkanes of at least 4 members (excludes halogenated alkanes) is 3. The van der Waals surface area contributed by atoms with Crippen LogP contribution >= 0.6 is 0 Å². The molecule has 0 saturated heterocycles. The molecule has 3 rings (SSSR count). The van der Waals surface area contributed by atoms with Gasteiger partial charge < -0.3 is 20.0 Å². The van der Waals surface area contributed by atoms with E-state index < -0.39 is 18.2 Å². The lowest BCUT2D eigenvalue weighted by Crippen LogP contribution is -2.34. The van der Waals surface area contributed by atoms with E-state index in [-0.39, 0.29) is 23.1 Å². The molecule has 2 aromatic carbocycles. The molecular formula is C33H44N2O5. The zero-order valence-electron chi connectivity index (χ0n) is 24.6. The predicted octanol–water partition coefficient (Wildman–Crippen LogP) is 7.03. The Bertz CT molecular complexity index is 1210. The van der Waals surface area contributed by atoms with Gasteiger partial charge in [-0.2, -0.15) is 0 Å². The first-order valence-electron chi connectivity index (χ1n) is 14.2. The number of esters is 1. The van der Waals surface area contributed by atoms with Crippen LogP contribution in [0.5, 0.6) is 0 Å². The summed E-state index contributed by atoms with van der Waals surface area (Å²) in [7, 11) is 0. The summed E-state index contributed by atoms with van der Waals surface area (Å²) >= 11 is 0. The van der Waals surface area contributed by atoms with Crippen LogP contribution in [0.3, 0.4) is 0 Å². The Morgan fingerprint density at radius 2 is 1.65 bits per heavy atom. The first kappa shape index (κ1) is 31.1. The Kier molecular flexibility index (Phi) is 10.7. The van der Waals surface area contributed by atoms with Gasteiger partial charge in [-0.25, -0.2) is 4.79 Å². The molecule has 0 heterocycles. The van der Waals surface area contributed by atoms with Gasteiger partial charge in [0.2, 0.25) is 6.29 Å². The molecular weight excluding hydrogens is 504 g/mol. The van der Waals surface area contributed by atoms with Gasteiger partial charge in [-0.1, -0.05) is 83.8 Å². The third kappa shape index (κ3) is 8.04. The van der Waals surface area contributed by atoms with Gasteiger partial charge in [-0.05, 0) is 71.6 Å². The summed E-state index contributed by atoms with van der Waals surface area (Å²) in [4.78, 5) is 31.1. The molecule has 7 heteroatoms. The molecule has 0 aliphatic heterocycles. The van der Waals surface area contributed by atoms with Crippen molar-refractivity contribution in [1.29, 1.82) is 0 Å². The molecule has 1 aliphatic rings. The normalized spacial score (nSPS) is 16.4. The lowest BCUT2D eigenvalue weighted by molar-refractivity contribution is -0.113. The van der Waals surface area contributed by atoms with Crippen molar-refractivity contribution in [1.82, 2.24) is 0 Å². The van der Waals surface area contributed by atoms with E-state index in [0.717, 1.165) is 38.5 Å². The molecule has 1 amide bonds. The summed E-state index contributed by atoms with van der Waals surface area (Å²) in [5.41, 5.74) is 3.96. The fraction of sp³-hybridized carbons (Fsp3) is 0.485. The number of nitrogens with zero attached hydrogens (tertiary/aromatic N) is 1. The number of aliphatic hydroxyl groups excluding tert-OH is 1. The van der Waals surface area contributed by atoms with Crippen molar-refractivity contribution < 1.29 is 24.3 Å². The molecule has 1 atom stereocenters. The molecule has 0 radical (unpaired) electrons. The number of carbonyl (C=O) groups excluding carboxylic acids is 2. The van der Waals surface area contributed by atoms with E-state index in [1.165, 1.54) is 17.2 Å². The van der Waals surface area contributed by atoms with Gasteiger partial charge >= 0.3 is 5.97 Å². The van der Waals surface area contributed by atoms with Crippen LogP contribution in [0.15, 0.2) is 60.3 Å². The third-order valence-corrected chi connectivity index (χ3v) is 7.62.